The Hall–Kier alpha value is -2.28. The average molecular weight is 219 g/mol. The van der Waals surface area contributed by atoms with Gasteiger partial charge >= 0.3 is 0 Å². The van der Waals surface area contributed by atoms with Crippen LogP contribution in [0.1, 0.15) is 11.1 Å². The fourth-order valence-corrected chi connectivity index (χ4v) is 2.15. The van der Waals surface area contributed by atoms with Crippen LogP contribution in [0.25, 0.3) is 23.3 Å². The van der Waals surface area contributed by atoms with E-state index in [-0.39, 0.29) is 5.75 Å². The Morgan fingerprint density at radius 1 is 0.706 bits per heavy atom. The van der Waals surface area contributed by atoms with Gasteiger partial charge in [0.2, 0.25) is 0 Å². The Bertz CT molecular complexity index is 621. The summed E-state index contributed by atoms with van der Waals surface area (Å²) in [6.07, 6.45) is 7.82. The molecule has 3 rings (SSSR count). The van der Waals surface area contributed by atoms with Crippen LogP contribution in [0, 0.1) is 0 Å². The van der Waals surface area contributed by atoms with E-state index in [1.54, 1.807) is 6.07 Å². The van der Waals surface area contributed by atoms with E-state index in [1.165, 1.54) is 0 Å². The van der Waals surface area contributed by atoms with E-state index >= 15 is 0 Å². The highest BCUT2D eigenvalue weighted by atomic mass is 16.3. The van der Waals surface area contributed by atoms with Gasteiger partial charge in [-0.15, -0.1) is 0 Å². The highest BCUT2D eigenvalue weighted by Gasteiger charge is 2.11. The third-order valence-corrected chi connectivity index (χ3v) is 2.97. The molecule has 1 radical (unpaired) electrons. The van der Waals surface area contributed by atoms with Crippen molar-refractivity contribution in [2.75, 3.05) is 0 Å². The molecular formula is C16H11O. The van der Waals surface area contributed by atoms with E-state index in [9.17, 15) is 5.11 Å². The molecule has 1 nitrogen and oxygen atoms in total. The van der Waals surface area contributed by atoms with E-state index in [4.69, 9.17) is 0 Å². The van der Waals surface area contributed by atoms with Gasteiger partial charge in [0, 0.05) is 5.56 Å². The summed E-state index contributed by atoms with van der Waals surface area (Å²) < 4.78 is 0. The van der Waals surface area contributed by atoms with Crippen LogP contribution in [0.3, 0.4) is 0 Å². The summed E-state index contributed by atoms with van der Waals surface area (Å²) >= 11 is 0. The molecule has 1 aliphatic carbocycles. The van der Waals surface area contributed by atoms with E-state index < -0.39 is 0 Å². The van der Waals surface area contributed by atoms with Crippen molar-refractivity contribution in [1.29, 1.82) is 0 Å². The fourth-order valence-electron chi connectivity index (χ4n) is 2.15. The van der Waals surface area contributed by atoms with E-state index in [0.29, 0.717) is 0 Å². The SMILES string of the molecule is [O]c1cccc2c1/C=C\C=C/c1ccccc1-2. The van der Waals surface area contributed by atoms with Crippen molar-refractivity contribution in [2.45, 2.75) is 0 Å². The number of benzene rings is 2. The number of fused-ring (bicyclic) bond motifs is 3. The maximum atomic E-state index is 11.9. The van der Waals surface area contributed by atoms with Gasteiger partial charge in [0.1, 0.15) is 0 Å². The third-order valence-electron chi connectivity index (χ3n) is 2.97. The molecule has 0 unspecified atom stereocenters. The number of rotatable bonds is 0. The highest BCUT2D eigenvalue weighted by molar-refractivity contribution is 5.85. The van der Waals surface area contributed by atoms with Crippen molar-refractivity contribution in [3.8, 4) is 16.9 Å². The minimum Gasteiger partial charge on any atom is -0.289 e. The van der Waals surface area contributed by atoms with Crippen molar-refractivity contribution in [2.24, 2.45) is 0 Å². The topological polar surface area (TPSA) is 19.9 Å². The standard InChI is InChI=1S/C16H11O/c17-16-11-5-10-14-13-8-3-1-6-12(13)7-2-4-9-15(14)16/h1-11H/b4-2?,7-2-,9-4-,12-7?,14-13?,15-9?. The molecule has 81 valence electrons. The molecule has 2 aromatic rings. The lowest BCUT2D eigenvalue weighted by atomic mass is 9.93. The maximum absolute atomic E-state index is 11.9. The molecule has 1 heteroatoms. The quantitative estimate of drug-likeness (QED) is 0.620. The molecule has 0 spiro atoms. The normalized spacial score (nSPS) is 16.2. The molecule has 0 saturated carbocycles. The second-order valence-corrected chi connectivity index (χ2v) is 4.02. The van der Waals surface area contributed by atoms with Gasteiger partial charge < -0.3 is 0 Å². The first kappa shape index (κ1) is 9.91. The van der Waals surface area contributed by atoms with Crippen LogP contribution < -0.4 is 0 Å². The molecular weight excluding hydrogens is 208 g/mol. The Kier molecular flexibility index (Phi) is 2.30. The van der Waals surface area contributed by atoms with Crippen LogP contribution in [0.4, 0.5) is 0 Å². The van der Waals surface area contributed by atoms with Gasteiger partial charge in [-0.05, 0) is 22.8 Å². The second kappa shape index (κ2) is 3.95. The zero-order chi connectivity index (χ0) is 11.7. The molecule has 0 amide bonds. The largest absolute Gasteiger partial charge is 0.289 e. The lowest BCUT2D eigenvalue weighted by Crippen LogP contribution is -1.88. The fraction of sp³-hybridized carbons (Fsp3) is 0. The second-order valence-electron chi connectivity index (χ2n) is 4.02. The van der Waals surface area contributed by atoms with Gasteiger partial charge in [-0.3, -0.25) is 5.11 Å². The van der Waals surface area contributed by atoms with Crippen molar-refractivity contribution < 1.29 is 5.11 Å². The minimum absolute atomic E-state index is 0.0730. The molecule has 0 N–H and O–H groups in total. The van der Waals surface area contributed by atoms with Gasteiger partial charge in [0.25, 0.3) is 0 Å². The van der Waals surface area contributed by atoms with Gasteiger partial charge in [-0.25, -0.2) is 0 Å². The first-order valence-electron chi connectivity index (χ1n) is 5.60. The van der Waals surface area contributed by atoms with Crippen LogP contribution in [-0.4, -0.2) is 0 Å². The Balaban J connectivity index is 2.37. The summed E-state index contributed by atoms with van der Waals surface area (Å²) in [6.45, 7) is 0. The first-order valence-corrected chi connectivity index (χ1v) is 5.60. The van der Waals surface area contributed by atoms with E-state index in [2.05, 4.69) is 18.2 Å². The third kappa shape index (κ3) is 1.66. The van der Waals surface area contributed by atoms with Crippen LogP contribution in [0.5, 0.6) is 5.75 Å². The molecule has 0 fully saturated rings. The molecule has 0 heterocycles. The number of hydrogen-bond donors (Lipinski definition) is 0. The predicted octanol–water partition coefficient (Wildman–Crippen LogP) is 4.54. The summed E-state index contributed by atoms with van der Waals surface area (Å²) in [7, 11) is 0. The van der Waals surface area contributed by atoms with Gasteiger partial charge in [0.05, 0.1) is 0 Å². The summed E-state index contributed by atoms with van der Waals surface area (Å²) in [5, 5.41) is 11.9. The lowest BCUT2D eigenvalue weighted by Gasteiger charge is -2.11. The van der Waals surface area contributed by atoms with Gasteiger partial charge in [-0.1, -0.05) is 60.7 Å². The van der Waals surface area contributed by atoms with Crippen LogP contribution in [0.15, 0.2) is 54.6 Å². The van der Waals surface area contributed by atoms with Gasteiger partial charge in [0.15, 0.2) is 5.75 Å². The first-order chi connectivity index (χ1) is 8.36. The van der Waals surface area contributed by atoms with Crippen molar-refractivity contribution >= 4 is 12.2 Å². The predicted molar refractivity (Wildman–Crippen MR) is 70.1 cm³/mol. The summed E-state index contributed by atoms with van der Waals surface area (Å²) in [5.41, 5.74) is 4.03. The molecule has 2 aromatic carbocycles. The van der Waals surface area contributed by atoms with E-state index in [0.717, 1.165) is 22.3 Å². The summed E-state index contributed by atoms with van der Waals surface area (Å²) in [4.78, 5) is 0. The molecule has 0 aliphatic heterocycles. The van der Waals surface area contributed by atoms with Crippen LogP contribution in [0.2, 0.25) is 0 Å². The van der Waals surface area contributed by atoms with Gasteiger partial charge in [-0.2, -0.15) is 0 Å². The van der Waals surface area contributed by atoms with Crippen molar-refractivity contribution in [1.82, 2.24) is 0 Å². The van der Waals surface area contributed by atoms with Crippen molar-refractivity contribution in [3.05, 3.63) is 65.7 Å². The monoisotopic (exact) mass is 219 g/mol. The van der Waals surface area contributed by atoms with Crippen molar-refractivity contribution in [3.63, 3.8) is 0 Å². The molecule has 0 bridgehead atoms. The molecule has 0 saturated heterocycles. The molecule has 1 aliphatic rings. The number of allylic oxidation sites excluding steroid dienone is 2. The average Bonchev–Trinajstić information content (AvgIpc) is 2.33. The number of hydrogen-bond acceptors (Lipinski definition) is 0. The molecule has 0 atom stereocenters. The molecule has 0 aromatic heterocycles. The maximum Gasteiger partial charge on any atom is 0.186 e. The lowest BCUT2D eigenvalue weighted by molar-refractivity contribution is 0.354. The summed E-state index contributed by atoms with van der Waals surface area (Å²) in [5.74, 6) is 0.0730. The Morgan fingerprint density at radius 3 is 2.41 bits per heavy atom. The zero-order valence-corrected chi connectivity index (χ0v) is 9.26. The smallest absolute Gasteiger partial charge is 0.186 e. The van der Waals surface area contributed by atoms with Crippen LogP contribution >= 0.6 is 0 Å². The molecule has 17 heavy (non-hydrogen) atoms. The highest BCUT2D eigenvalue weighted by Crippen LogP contribution is 2.34. The van der Waals surface area contributed by atoms with Crippen LogP contribution in [-0.2, 0) is 5.11 Å². The Morgan fingerprint density at radius 2 is 1.47 bits per heavy atom. The Labute approximate surface area is 100 Å². The summed E-state index contributed by atoms with van der Waals surface area (Å²) in [6, 6.07) is 13.5. The zero-order valence-electron chi connectivity index (χ0n) is 9.26. The van der Waals surface area contributed by atoms with E-state index in [1.807, 2.05) is 42.5 Å². The minimum atomic E-state index is 0.0730.